The van der Waals surface area contributed by atoms with Crippen molar-refractivity contribution < 1.29 is 0 Å². The van der Waals surface area contributed by atoms with E-state index in [0.717, 1.165) is 11.4 Å². The molecule has 1 aromatic carbocycles. The number of rotatable bonds is 2. The fourth-order valence-electron chi connectivity index (χ4n) is 2.02. The van der Waals surface area contributed by atoms with Crippen LogP contribution in [0.3, 0.4) is 0 Å². The molecule has 3 rings (SSSR count). The molecule has 0 N–H and O–H groups in total. The molecule has 1 aliphatic rings. The van der Waals surface area contributed by atoms with Crippen LogP contribution in [0, 0.1) is 0 Å². The van der Waals surface area contributed by atoms with Crippen molar-refractivity contribution in [2.75, 3.05) is 0 Å². The highest BCUT2D eigenvalue weighted by atomic mass is 35.5. The van der Waals surface area contributed by atoms with Gasteiger partial charge < -0.3 is 0 Å². The molecular weight excluding hydrogens is 222 g/mol. The van der Waals surface area contributed by atoms with E-state index >= 15 is 0 Å². The fraction of sp³-hybridized carbons (Fsp3) is 0.333. The lowest BCUT2D eigenvalue weighted by Crippen LogP contribution is -2.18. The highest BCUT2D eigenvalue weighted by Gasteiger charge is 2.25. The largest absolute Gasteiger partial charge is 0.295 e. The Labute approximate surface area is 99.1 Å². The number of hydrogen-bond acceptors (Lipinski definition) is 2. The summed E-state index contributed by atoms with van der Waals surface area (Å²) >= 11 is 6.09. The average molecular weight is 234 g/mol. The summed E-state index contributed by atoms with van der Waals surface area (Å²) < 4.78 is 2.06. The Hall–Kier alpha value is -1.35. The van der Waals surface area contributed by atoms with E-state index in [4.69, 9.17) is 11.6 Å². The third kappa shape index (κ3) is 1.52. The van der Waals surface area contributed by atoms with Gasteiger partial charge in [0.15, 0.2) is 5.82 Å². The number of hydrogen-bond donors (Lipinski definition) is 0. The maximum atomic E-state index is 6.09. The summed E-state index contributed by atoms with van der Waals surface area (Å²) in [6.45, 7) is 0. The Morgan fingerprint density at radius 2 is 1.88 bits per heavy atom. The van der Waals surface area contributed by atoms with Gasteiger partial charge in [0, 0.05) is 11.6 Å². The predicted octanol–water partition coefficient (Wildman–Crippen LogP) is 3.32. The third-order valence-electron chi connectivity index (χ3n) is 3.13. The van der Waals surface area contributed by atoms with Crippen LogP contribution in [0.5, 0.6) is 0 Å². The van der Waals surface area contributed by atoms with Gasteiger partial charge in [-0.15, -0.1) is 10.2 Å². The lowest BCUT2D eigenvalue weighted by molar-refractivity contribution is 0.316. The van der Waals surface area contributed by atoms with E-state index in [1.54, 1.807) is 0 Å². The van der Waals surface area contributed by atoms with Crippen molar-refractivity contribution >= 4 is 11.6 Å². The Balaban J connectivity index is 2.07. The second kappa shape index (κ2) is 3.91. The topological polar surface area (TPSA) is 30.7 Å². The first-order chi connectivity index (χ1) is 7.86. The Bertz CT molecular complexity index is 488. The molecule has 1 fully saturated rings. The van der Waals surface area contributed by atoms with Gasteiger partial charge >= 0.3 is 0 Å². The molecule has 0 amide bonds. The molecular formula is C12H12ClN3. The molecule has 1 heterocycles. The monoisotopic (exact) mass is 233 g/mol. The van der Waals surface area contributed by atoms with Crippen molar-refractivity contribution in [2.45, 2.75) is 25.3 Å². The lowest BCUT2D eigenvalue weighted by atomic mass is 9.92. The summed E-state index contributed by atoms with van der Waals surface area (Å²) in [5.41, 5.74) is 1.08. The summed E-state index contributed by atoms with van der Waals surface area (Å²) in [6.07, 6.45) is 3.63. The standard InChI is InChI=1S/C12H12ClN3/c13-12-15-14-11(9-5-2-1-3-6-9)16(12)10-7-4-8-10/h1-3,5-6,10H,4,7-8H2. The molecule has 1 aliphatic carbocycles. The first kappa shape index (κ1) is 9.85. The summed E-state index contributed by atoms with van der Waals surface area (Å²) in [5, 5.41) is 8.65. The van der Waals surface area contributed by atoms with Crippen LogP contribution in [-0.2, 0) is 0 Å². The van der Waals surface area contributed by atoms with Gasteiger partial charge in [-0.1, -0.05) is 30.3 Å². The molecule has 0 bridgehead atoms. The maximum Gasteiger partial charge on any atom is 0.225 e. The molecule has 0 radical (unpaired) electrons. The zero-order valence-electron chi connectivity index (χ0n) is 8.81. The van der Waals surface area contributed by atoms with Crippen LogP contribution in [0.15, 0.2) is 30.3 Å². The SMILES string of the molecule is Clc1nnc(-c2ccccc2)n1C1CCC1. The van der Waals surface area contributed by atoms with Crippen molar-refractivity contribution in [2.24, 2.45) is 0 Å². The molecule has 1 saturated carbocycles. The molecule has 0 atom stereocenters. The molecule has 0 spiro atoms. The summed E-state index contributed by atoms with van der Waals surface area (Å²) in [4.78, 5) is 0. The van der Waals surface area contributed by atoms with Crippen molar-refractivity contribution in [1.29, 1.82) is 0 Å². The van der Waals surface area contributed by atoms with Crippen LogP contribution in [0.2, 0.25) is 5.28 Å². The maximum absolute atomic E-state index is 6.09. The van der Waals surface area contributed by atoms with Gasteiger partial charge in [-0.25, -0.2) is 0 Å². The fourth-order valence-corrected chi connectivity index (χ4v) is 2.28. The van der Waals surface area contributed by atoms with Gasteiger partial charge in [0.2, 0.25) is 5.28 Å². The van der Waals surface area contributed by atoms with Gasteiger partial charge in [-0.2, -0.15) is 0 Å². The molecule has 0 unspecified atom stereocenters. The van der Waals surface area contributed by atoms with E-state index in [0.29, 0.717) is 11.3 Å². The summed E-state index contributed by atoms with van der Waals surface area (Å²) in [5.74, 6) is 0.885. The minimum absolute atomic E-state index is 0.484. The van der Waals surface area contributed by atoms with Crippen molar-refractivity contribution in [3.63, 3.8) is 0 Å². The van der Waals surface area contributed by atoms with E-state index in [1.165, 1.54) is 19.3 Å². The lowest BCUT2D eigenvalue weighted by Gasteiger charge is -2.28. The van der Waals surface area contributed by atoms with E-state index in [-0.39, 0.29) is 0 Å². The first-order valence-electron chi connectivity index (χ1n) is 5.52. The van der Waals surface area contributed by atoms with Crippen LogP contribution < -0.4 is 0 Å². The molecule has 3 nitrogen and oxygen atoms in total. The Morgan fingerprint density at radius 1 is 1.12 bits per heavy atom. The van der Waals surface area contributed by atoms with E-state index < -0.39 is 0 Å². The molecule has 4 heteroatoms. The number of benzene rings is 1. The van der Waals surface area contributed by atoms with Crippen LogP contribution >= 0.6 is 11.6 Å². The average Bonchev–Trinajstić information content (AvgIpc) is 2.60. The highest BCUT2D eigenvalue weighted by Crippen LogP contribution is 2.36. The van der Waals surface area contributed by atoms with Crippen molar-refractivity contribution in [3.05, 3.63) is 35.6 Å². The quantitative estimate of drug-likeness (QED) is 0.797. The zero-order chi connectivity index (χ0) is 11.0. The van der Waals surface area contributed by atoms with Crippen LogP contribution in [0.4, 0.5) is 0 Å². The Kier molecular flexibility index (Phi) is 2.40. The second-order valence-corrected chi connectivity index (χ2v) is 4.45. The number of halogens is 1. The van der Waals surface area contributed by atoms with Gasteiger partial charge in [-0.05, 0) is 30.9 Å². The molecule has 16 heavy (non-hydrogen) atoms. The minimum atomic E-state index is 0.484. The molecule has 0 saturated heterocycles. The van der Waals surface area contributed by atoms with Crippen LogP contribution in [0.25, 0.3) is 11.4 Å². The Morgan fingerprint density at radius 3 is 2.50 bits per heavy atom. The number of nitrogens with zero attached hydrogens (tertiary/aromatic N) is 3. The smallest absolute Gasteiger partial charge is 0.225 e. The first-order valence-corrected chi connectivity index (χ1v) is 5.90. The third-order valence-corrected chi connectivity index (χ3v) is 3.38. The van der Waals surface area contributed by atoms with Gasteiger partial charge in [-0.3, -0.25) is 4.57 Å². The highest BCUT2D eigenvalue weighted by molar-refractivity contribution is 6.28. The normalized spacial score (nSPS) is 16.1. The van der Waals surface area contributed by atoms with E-state index in [2.05, 4.69) is 14.8 Å². The molecule has 2 aromatic rings. The van der Waals surface area contributed by atoms with Crippen molar-refractivity contribution in [1.82, 2.24) is 14.8 Å². The van der Waals surface area contributed by atoms with Gasteiger partial charge in [0.1, 0.15) is 0 Å². The molecule has 82 valence electrons. The number of aromatic nitrogens is 3. The van der Waals surface area contributed by atoms with Crippen LogP contribution in [0.1, 0.15) is 25.3 Å². The summed E-state index contributed by atoms with van der Waals surface area (Å²) in [6, 6.07) is 10.6. The van der Waals surface area contributed by atoms with E-state index in [9.17, 15) is 0 Å². The van der Waals surface area contributed by atoms with Crippen LogP contribution in [-0.4, -0.2) is 14.8 Å². The second-order valence-electron chi connectivity index (χ2n) is 4.11. The molecule has 0 aliphatic heterocycles. The van der Waals surface area contributed by atoms with Gasteiger partial charge in [0.25, 0.3) is 0 Å². The van der Waals surface area contributed by atoms with Gasteiger partial charge in [0.05, 0.1) is 0 Å². The summed E-state index contributed by atoms with van der Waals surface area (Å²) in [7, 11) is 0. The zero-order valence-corrected chi connectivity index (χ0v) is 9.56. The minimum Gasteiger partial charge on any atom is -0.295 e. The molecule has 1 aromatic heterocycles. The van der Waals surface area contributed by atoms with E-state index in [1.807, 2.05) is 30.3 Å². The van der Waals surface area contributed by atoms with Crippen molar-refractivity contribution in [3.8, 4) is 11.4 Å². The predicted molar refractivity (Wildman–Crippen MR) is 63.4 cm³/mol.